The molecule has 0 saturated heterocycles. The summed E-state index contributed by atoms with van der Waals surface area (Å²) >= 11 is 3.73. The quantitative estimate of drug-likeness (QED) is 0.473. The predicted molar refractivity (Wildman–Crippen MR) is 109 cm³/mol. The van der Waals surface area contributed by atoms with E-state index in [9.17, 15) is 0 Å². The van der Waals surface area contributed by atoms with Crippen LogP contribution in [0.5, 0.6) is 0 Å². The van der Waals surface area contributed by atoms with E-state index < -0.39 is 0 Å². The van der Waals surface area contributed by atoms with E-state index >= 15 is 0 Å². The zero-order chi connectivity index (χ0) is 17.4. The van der Waals surface area contributed by atoms with Crippen LogP contribution >= 0.6 is 23.5 Å². The molecule has 0 unspecified atom stereocenters. The first-order valence-electron chi connectivity index (χ1n) is 8.39. The maximum atomic E-state index is 4.25. The summed E-state index contributed by atoms with van der Waals surface area (Å²) in [5, 5.41) is 0. The number of allylic oxidation sites excluding steroid dienone is 2. The summed E-state index contributed by atoms with van der Waals surface area (Å²) in [7, 11) is 0. The van der Waals surface area contributed by atoms with E-state index in [2.05, 4.69) is 77.3 Å². The Kier molecular flexibility index (Phi) is 4.98. The van der Waals surface area contributed by atoms with Crippen LogP contribution in [0.3, 0.4) is 0 Å². The molecule has 1 aliphatic heterocycles. The van der Waals surface area contributed by atoms with E-state index in [0.29, 0.717) is 11.8 Å². The zero-order valence-corrected chi connectivity index (χ0v) is 16.5. The summed E-state index contributed by atoms with van der Waals surface area (Å²) in [6.45, 7) is 17.3. The number of fused-ring (bicyclic) bond motifs is 2. The van der Waals surface area contributed by atoms with E-state index in [-0.39, 0.29) is 0 Å². The van der Waals surface area contributed by atoms with E-state index in [4.69, 9.17) is 0 Å². The maximum Gasteiger partial charge on any atom is 0.0268 e. The average Bonchev–Trinajstić information content (AvgIpc) is 2.57. The third kappa shape index (κ3) is 3.36. The van der Waals surface area contributed by atoms with E-state index in [0.717, 1.165) is 0 Å². The van der Waals surface area contributed by atoms with Crippen LogP contribution in [-0.4, -0.2) is 0 Å². The van der Waals surface area contributed by atoms with Crippen LogP contribution in [0.2, 0.25) is 0 Å². The SMILES string of the molecule is C=C(c1ccc2c(c1)Sc1cc(C(=C)C(C)C)ccc1S2)C(C)C. The molecule has 0 nitrogen and oxygen atoms in total. The summed E-state index contributed by atoms with van der Waals surface area (Å²) in [5.74, 6) is 0.940. The van der Waals surface area contributed by atoms with E-state index in [1.807, 2.05) is 23.5 Å². The first-order valence-corrected chi connectivity index (χ1v) is 10.0. The zero-order valence-electron chi connectivity index (χ0n) is 14.8. The Balaban J connectivity index is 1.94. The Hall–Kier alpha value is -1.38. The van der Waals surface area contributed by atoms with Crippen LogP contribution in [-0.2, 0) is 0 Å². The predicted octanol–water partition coefficient (Wildman–Crippen LogP) is 7.64. The maximum absolute atomic E-state index is 4.25. The molecule has 0 N–H and O–H groups in total. The van der Waals surface area contributed by atoms with Gasteiger partial charge in [-0.3, -0.25) is 0 Å². The smallest absolute Gasteiger partial charge is 0.0268 e. The Morgan fingerprint density at radius 3 is 1.42 bits per heavy atom. The molecule has 0 bridgehead atoms. The molecule has 0 saturated carbocycles. The summed E-state index contributed by atoms with van der Waals surface area (Å²) in [4.78, 5) is 5.34. The van der Waals surface area contributed by atoms with Gasteiger partial charge in [0.1, 0.15) is 0 Å². The minimum Gasteiger partial charge on any atom is -0.0950 e. The molecule has 24 heavy (non-hydrogen) atoms. The lowest BCUT2D eigenvalue weighted by Gasteiger charge is -2.21. The van der Waals surface area contributed by atoms with Crippen LogP contribution in [0.4, 0.5) is 0 Å². The highest BCUT2D eigenvalue weighted by Gasteiger charge is 2.19. The van der Waals surface area contributed by atoms with Crippen LogP contribution < -0.4 is 0 Å². The van der Waals surface area contributed by atoms with Crippen molar-refractivity contribution in [3.8, 4) is 0 Å². The highest BCUT2D eigenvalue weighted by molar-refractivity contribution is 8.05. The molecule has 2 aromatic carbocycles. The first-order chi connectivity index (χ1) is 11.4. The van der Waals surface area contributed by atoms with Gasteiger partial charge in [-0.25, -0.2) is 0 Å². The minimum atomic E-state index is 0.470. The van der Waals surface area contributed by atoms with Gasteiger partial charge in [0, 0.05) is 19.6 Å². The molecule has 2 heteroatoms. The monoisotopic (exact) mass is 352 g/mol. The molecular weight excluding hydrogens is 328 g/mol. The van der Waals surface area contributed by atoms with Crippen molar-refractivity contribution >= 4 is 34.7 Å². The summed E-state index contributed by atoms with van der Waals surface area (Å²) in [6.07, 6.45) is 0. The molecule has 0 amide bonds. The molecule has 3 rings (SSSR count). The van der Waals surface area contributed by atoms with Crippen molar-refractivity contribution in [3.63, 3.8) is 0 Å². The minimum absolute atomic E-state index is 0.470. The lowest BCUT2D eigenvalue weighted by Crippen LogP contribution is -1.97. The topological polar surface area (TPSA) is 0 Å². The van der Waals surface area contributed by atoms with Gasteiger partial charge < -0.3 is 0 Å². The fourth-order valence-electron chi connectivity index (χ4n) is 2.65. The second-order valence-electron chi connectivity index (χ2n) is 6.89. The molecule has 0 radical (unpaired) electrons. The lowest BCUT2D eigenvalue weighted by molar-refractivity contribution is 0.856. The van der Waals surface area contributed by atoms with Crippen molar-refractivity contribution < 1.29 is 0 Å². The molecule has 1 aliphatic rings. The molecule has 0 aromatic heterocycles. The van der Waals surface area contributed by atoms with Crippen LogP contribution in [0.25, 0.3) is 11.1 Å². The largest absolute Gasteiger partial charge is 0.0950 e. The molecule has 2 aromatic rings. The molecule has 124 valence electrons. The second-order valence-corrected chi connectivity index (χ2v) is 9.05. The normalized spacial score (nSPS) is 12.9. The van der Waals surface area contributed by atoms with E-state index in [1.54, 1.807) is 0 Å². The van der Waals surface area contributed by atoms with Gasteiger partial charge in [-0.1, -0.05) is 76.5 Å². The van der Waals surface area contributed by atoms with Gasteiger partial charge in [0.25, 0.3) is 0 Å². The van der Waals surface area contributed by atoms with Crippen LogP contribution in [0, 0.1) is 11.8 Å². The number of hydrogen-bond donors (Lipinski definition) is 0. The summed E-state index contributed by atoms with van der Waals surface area (Å²) in [5.41, 5.74) is 4.92. The summed E-state index contributed by atoms with van der Waals surface area (Å²) < 4.78 is 0. The Morgan fingerprint density at radius 1 is 0.667 bits per heavy atom. The van der Waals surface area contributed by atoms with Gasteiger partial charge in [-0.2, -0.15) is 0 Å². The molecule has 0 spiro atoms. The molecular formula is C22H24S2. The van der Waals surface area contributed by atoms with Crippen LogP contribution in [0.15, 0.2) is 69.1 Å². The fourth-order valence-corrected chi connectivity index (χ4v) is 4.92. The fraction of sp³-hybridized carbons (Fsp3) is 0.273. The van der Waals surface area contributed by atoms with Gasteiger partial charge in [-0.05, 0) is 58.4 Å². The number of hydrogen-bond acceptors (Lipinski definition) is 2. The van der Waals surface area contributed by atoms with Crippen molar-refractivity contribution in [1.82, 2.24) is 0 Å². The van der Waals surface area contributed by atoms with Crippen molar-refractivity contribution in [2.24, 2.45) is 11.8 Å². The molecule has 0 atom stereocenters. The van der Waals surface area contributed by atoms with Crippen molar-refractivity contribution in [1.29, 1.82) is 0 Å². The molecule has 0 aliphatic carbocycles. The second kappa shape index (κ2) is 6.85. The number of rotatable bonds is 4. The molecule has 0 fully saturated rings. The van der Waals surface area contributed by atoms with Gasteiger partial charge in [0.15, 0.2) is 0 Å². The van der Waals surface area contributed by atoms with Crippen molar-refractivity contribution in [2.45, 2.75) is 47.3 Å². The Bertz CT molecular complexity index is 745. The van der Waals surface area contributed by atoms with E-state index in [1.165, 1.54) is 41.9 Å². The standard InChI is InChI=1S/C22H24S2/c1-13(2)15(5)17-7-9-19-21(11-17)24-22-12-18(16(6)14(3)4)8-10-20(22)23-19/h7-14H,5-6H2,1-4H3. The molecule has 1 heterocycles. The van der Waals surface area contributed by atoms with Gasteiger partial charge in [0.2, 0.25) is 0 Å². The third-order valence-corrected chi connectivity index (χ3v) is 6.99. The first kappa shape index (κ1) is 17.4. The lowest BCUT2D eigenvalue weighted by atomic mass is 9.97. The third-order valence-electron chi connectivity index (χ3n) is 4.46. The highest BCUT2D eigenvalue weighted by Crippen LogP contribution is 2.49. The van der Waals surface area contributed by atoms with Crippen molar-refractivity contribution in [2.75, 3.05) is 0 Å². The van der Waals surface area contributed by atoms with Crippen LogP contribution in [0.1, 0.15) is 38.8 Å². The van der Waals surface area contributed by atoms with Gasteiger partial charge in [0.05, 0.1) is 0 Å². The van der Waals surface area contributed by atoms with Gasteiger partial charge >= 0.3 is 0 Å². The van der Waals surface area contributed by atoms with Crippen molar-refractivity contribution in [3.05, 3.63) is 60.7 Å². The summed E-state index contributed by atoms with van der Waals surface area (Å²) in [6, 6.07) is 13.5. The Morgan fingerprint density at radius 2 is 1.04 bits per heavy atom. The number of benzene rings is 2. The van der Waals surface area contributed by atoms with Gasteiger partial charge in [-0.15, -0.1) is 0 Å². The highest BCUT2D eigenvalue weighted by atomic mass is 32.2. The Labute approximate surface area is 154 Å². The average molecular weight is 353 g/mol.